The van der Waals surface area contributed by atoms with Crippen molar-refractivity contribution in [2.24, 2.45) is 0 Å². The van der Waals surface area contributed by atoms with Gasteiger partial charge in [-0.3, -0.25) is 4.90 Å². The molecule has 0 saturated heterocycles. The Morgan fingerprint density at radius 2 is 1.82 bits per heavy atom. The van der Waals surface area contributed by atoms with Crippen molar-refractivity contribution in [1.29, 1.82) is 0 Å². The molecule has 0 fully saturated rings. The van der Waals surface area contributed by atoms with Gasteiger partial charge >= 0.3 is 0 Å². The Balaban J connectivity index is 2.39. The van der Waals surface area contributed by atoms with E-state index in [-0.39, 0.29) is 11.3 Å². The lowest BCUT2D eigenvalue weighted by Crippen LogP contribution is -2.53. The van der Waals surface area contributed by atoms with Gasteiger partial charge in [-0.25, -0.2) is 0 Å². The highest BCUT2D eigenvalue weighted by Crippen LogP contribution is 2.26. The minimum atomic E-state index is -0.116. The minimum Gasteiger partial charge on any atom is -0.508 e. The molecule has 2 rings (SSSR count). The predicted octanol–water partition coefficient (Wildman–Crippen LogP) is 2.77. The Morgan fingerprint density at radius 1 is 1.24 bits per heavy atom. The maximum absolute atomic E-state index is 9.29. The van der Waals surface area contributed by atoms with Crippen LogP contribution in [0.5, 0.6) is 5.75 Å². The molecule has 90 valence electrons. The van der Waals surface area contributed by atoms with Crippen LogP contribution in [-0.2, 0) is 0 Å². The number of phenols is 1. The Hall–Kier alpha value is -1.55. The van der Waals surface area contributed by atoms with E-state index in [1.165, 1.54) is 0 Å². The predicted molar refractivity (Wildman–Crippen MR) is 74.2 cm³/mol. The summed E-state index contributed by atoms with van der Waals surface area (Å²) >= 11 is 5.38. The molecule has 0 amide bonds. The molecule has 1 aromatic carbocycles. The lowest BCUT2D eigenvalue weighted by atomic mass is 10.0. The van der Waals surface area contributed by atoms with E-state index >= 15 is 0 Å². The van der Waals surface area contributed by atoms with Gasteiger partial charge in [0.1, 0.15) is 5.75 Å². The fourth-order valence-electron chi connectivity index (χ4n) is 2.04. The summed E-state index contributed by atoms with van der Waals surface area (Å²) in [6.07, 6.45) is 2.13. The summed E-state index contributed by atoms with van der Waals surface area (Å²) in [6.45, 7) is 6.19. The molecule has 3 nitrogen and oxygen atoms in total. The maximum atomic E-state index is 9.29. The first-order valence-corrected chi connectivity index (χ1v) is 5.91. The second kappa shape index (κ2) is 4.04. The van der Waals surface area contributed by atoms with Crippen molar-refractivity contribution in [2.45, 2.75) is 26.3 Å². The van der Waals surface area contributed by atoms with Crippen LogP contribution in [0.25, 0.3) is 0 Å². The van der Waals surface area contributed by atoms with Gasteiger partial charge < -0.3 is 10.4 Å². The Bertz CT molecular complexity index is 477. The number of nitrogens with zero attached hydrogens (tertiary/aromatic N) is 1. The van der Waals surface area contributed by atoms with Gasteiger partial charge in [0.25, 0.3) is 0 Å². The zero-order chi connectivity index (χ0) is 12.6. The number of allylic oxidation sites excluding steroid dienone is 1. The van der Waals surface area contributed by atoms with Crippen molar-refractivity contribution in [3.63, 3.8) is 0 Å². The van der Waals surface area contributed by atoms with E-state index in [2.05, 4.69) is 25.2 Å². The summed E-state index contributed by atoms with van der Waals surface area (Å²) in [4.78, 5) is 1.96. The number of benzene rings is 1. The van der Waals surface area contributed by atoms with E-state index in [1.54, 1.807) is 12.1 Å². The molecule has 0 radical (unpaired) electrons. The molecule has 0 atom stereocenters. The fraction of sp³-hybridized carbons (Fsp3) is 0.308. The van der Waals surface area contributed by atoms with Gasteiger partial charge in [-0.05, 0) is 63.3 Å². The van der Waals surface area contributed by atoms with E-state index < -0.39 is 0 Å². The normalized spacial score (nSPS) is 18.6. The number of thiocarbonyl (C=S) groups is 1. The number of nitrogens with one attached hydrogen (secondary N) is 1. The number of hydrogen-bond acceptors (Lipinski definition) is 2. The SMILES string of the molecule is CC1=CC(C)(C)NC(=S)N1c1ccc(O)cc1. The number of phenolic OH excluding ortho intramolecular Hbond substituents is 1. The van der Waals surface area contributed by atoms with Gasteiger partial charge in [0.2, 0.25) is 0 Å². The third-order valence-electron chi connectivity index (χ3n) is 2.66. The quantitative estimate of drug-likeness (QED) is 0.749. The maximum Gasteiger partial charge on any atom is 0.178 e. The molecule has 1 heterocycles. The standard InChI is InChI=1S/C13H16N2OS/c1-9-8-13(2,3)14-12(17)15(9)10-4-6-11(16)7-5-10/h4-8,16H,1-3H3,(H,14,17). The third kappa shape index (κ3) is 2.42. The van der Waals surface area contributed by atoms with Gasteiger partial charge in [-0.1, -0.05) is 0 Å². The van der Waals surface area contributed by atoms with Crippen LogP contribution in [0.1, 0.15) is 20.8 Å². The van der Waals surface area contributed by atoms with Crippen LogP contribution in [0.15, 0.2) is 36.0 Å². The van der Waals surface area contributed by atoms with Crippen molar-refractivity contribution in [3.8, 4) is 5.75 Å². The van der Waals surface area contributed by atoms with E-state index in [9.17, 15) is 5.11 Å². The molecular weight excluding hydrogens is 232 g/mol. The van der Waals surface area contributed by atoms with Crippen LogP contribution in [0.4, 0.5) is 5.69 Å². The Morgan fingerprint density at radius 3 is 2.35 bits per heavy atom. The second-order valence-corrected chi connectivity index (χ2v) is 5.18. The van der Waals surface area contributed by atoms with Crippen LogP contribution in [0.3, 0.4) is 0 Å². The molecule has 0 aromatic heterocycles. The zero-order valence-corrected chi connectivity index (χ0v) is 11.0. The van der Waals surface area contributed by atoms with Crippen molar-refractivity contribution in [2.75, 3.05) is 4.90 Å². The summed E-state index contributed by atoms with van der Waals surface area (Å²) < 4.78 is 0. The van der Waals surface area contributed by atoms with Crippen molar-refractivity contribution in [3.05, 3.63) is 36.0 Å². The zero-order valence-electron chi connectivity index (χ0n) is 10.2. The molecule has 2 N–H and O–H groups in total. The smallest absolute Gasteiger partial charge is 0.178 e. The molecule has 17 heavy (non-hydrogen) atoms. The first-order chi connectivity index (χ1) is 7.89. The Labute approximate surface area is 107 Å². The first kappa shape index (κ1) is 11.9. The van der Waals surface area contributed by atoms with E-state index in [0.29, 0.717) is 5.11 Å². The topological polar surface area (TPSA) is 35.5 Å². The molecule has 0 saturated carbocycles. The summed E-state index contributed by atoms with van der Waals surface area (Å²) in [5.74, 6) is 0.256. The molecule has 1 aromatic rings. The molecule has 1 aliphatic rings. The third-order valence-corrected chi connectivity index (χ3v) is 2.95. The number of aromatic hydroxyl groups is 1. The van der Waals surface area contributed by atoms with Crippen LogP contribution in [0.2, 0.25) is 0 Å². The van der Waals surface area contributed by atoms with E-state index in [0.717, 1.165) is 11.4 Å². The minimum absolute atomic E-state index is 0.116. The molecule has 0 bridgehead atoms. The highest BCUT2D eigenvalue weighted by molar-refractivity contribution is 7.80. The van der Waals surface area contributed by atoms with Gasteiger partial charge in [0, 0.05) is 11.4 Å². The van der Waals surface area contributed by atoms with Gasteiger partial charge in [0.05, 0.1) is 5.54 Å². The summed E-state index contributed by atoms with van der Waals surface area (Å²) in [6, 6.07) is 7.01. The van der Waals surface area contributed by atoms with Gasteiger partial charge in [0.15, 0.2) is 5.11 Å². The average molecular weight is 248 g/mol. The number of rotatable bonds is 1. The molecular formula is C13H16N2OS. The van der Waals surface area contributed by atoms with Crippen molar-refractivity contribution < 1.29 is 5.11 Å². The monoisotopic (exact) mass is 248 g/mol. The lowest BCUT2D eigenvalue weighted by molar-refractivity contribution is 0.475. The first-order valence-electron chi connectivity index (χ1n) is 5.50. The van der Waals surface area contributed by atoms with Crippen molar-refractivity contribution in [1.82, 2.24) is 5.32 Å². The van der Waals surface area contributed by atoms with Gasteiger partial charge in [-0.2, -0.15) is 0 Å². The number of hydrogen-bond donors (Lipinski definition) is 2. The fourth-order valence-corrected chi connectivity index (χ4v) is 2.55. The number of anilines is 1. The molecule has 0 spiro atoms. The summed E-state index contributed by atoms with van der Waals surface area (Å²) in [7, 11) is 0. The van der Waals surface area contributed by atoms with Crippen LogP contribution >= 0.6 is 12.2 Å². The lowest BCUT2D eigenvalue weighted by Gasteiger charge is -2.38. The highest BCUT2D eigenvalue weighted by Gasteiger charge is 2.27. The van der Waals surface area contributed by atoms with E-state index in [1.807, 2.05) is 24.0 Å². The molecule has 4 heteroatoms. The van der Waals surface area contributed by atoms with Crippen molar-refractivity contribution >= 4 is 23.0 Å². The van der Waals surface area contributed by atoms with Crippen LogP contribution in [0, 0.1) is 0 Å². The largest absolute Gasteiger partial charge is 0.508 e. The summed E-state index contributed by atoms with van der Waals surface area (Å²) in [5, 5.41) is 13.2. The Kier molecular flexibility index (Phi) is 2.83. The highest BCUT2D eigenvalue weighted by atomic mass is 32.1. The van der Waals surface area contributed by atoms with E-state index in [4.69, 9.17) is 12.2 Å². The molecule has 0 aliphatic carbocycles. The summed E-state index contributed by atoms with van der Waals surface area (Å²) in [5.41, 5.74) is 1.92. The van der Waals surface area contributed by atoms with Crippen LogP contribution < -0.4 is 10.2 Å². The van der Waals surface area contributed by atoms with Crippen LogP contribution in [-0.4, -0.2) is 15.8 Å². The molecule has 1 aliphatic heterocycles. The second-order valence-electron chi connectivity index (χ2n) is 4.79. The van der Waals surface area contributed by atoms with Gasteiger partial charge in [-0.15, -0.1) is 0 Å². The average Bonchev–Trinajstić information content (AvgIpc) is 2.18. The molecule has 0 unspecified atom stereocenters.